The molecular formula is C20H35BO2. The SMILES string of the molecule is CCCCCCC(CCCCCC)Cc1ccc(B(O)O)cc1. The highest BCUT2D eigenvalue weighted by atomic mass is 16.4. The van der Waals surface area contributed by atoms with E-state index in [0.717, 1.165) is 12.3 Å². The summed E-state index contributed by atoms with van der Waals surface area (Å²) < 4.78 is 0. The molecule has 3 heteroatoms. The van der Waals surface area contributed by atoms with Crippen molar-refractivity contribution < 1.29 is 10.0 Å². The van der Waals surface area contributed by atoms with Crippen LogP contribution in [0.3, 0.4) is 0 Å². The van der Waals surface area contributed by atoms with E-state index >= 15 is 0 Å². The smallest absolute Gasteiger partial charge is 0.423 e. The lowest BCUT2D eigenvalue weighted by molar-refractivity contribution is 0.404. The van der Waals surface area contributed by atoms with Gasteiger partial charge in [0.15, 0.2) is 0 Å². The zero-order valence-electron chi connectivity index (χ0n) is 15.1. The van der Waals surface area contributed by atoms with Gasteiger partial charge >= 0.3 is 7.12 Å². The molecule has 0 unspecified atom stereocenters. The van der Waals surface area contributed by atoms with Crippen molar-refractivity contribution >= 4 is 12.6 Å². The standard InChI is InChI=1S/C20H35BO2/c1-3-5-7-9-11-18(12-10-8-6-4-2)17-19-13-15-20(16-14-19)21(22)23/h13-16,18,22-23H,3-12,17H2,1-2H3. The average molecular weight is 318 g/mol. The van der Waals surface area contributed by atoms with E-state index in [1.807, 2.05) is 12.1 Å². The second-order valence-electron chi connectivity index (χ2n) is 6.88. The maximum atomic E-state index is 9.19. The molecule has 1 aromatic rings. The molecule has 2 N–H and O–H groups in total. The Morgan fingerprint density at radius 1 is 0.783 bits per heavy atom. The van der Waals surface area contributed by atoms with Crippen LogP contribution in [-0.4, -0.2) is 17.2 Å². The maximum absolute atomic E-state index is 9.19. The van der Waals surface area contributed by atoms with Gasteiger partial charge in [-0.1, -0.05) is 102 Å². The normalized spacial score (nSPS) is 11.2. The summed E-state index contributed by atoms with van der Waals surface area (Å²) in [4.78, 5) is 0. The lowest BCUT2D eigenvalue weighted by Gasteiger charge is -2.17. The van der Waals surface area contributed by atoms with Gasteiger partial charge in [-0.05, 0) is 23.4 Å². The fourth-order valence-corrected chi connectivity index (χ4v) is 3.23. The first kappa shape index (κ1) is 20.2. The van der Waals surface area contributed by atoms with Crippen LogP contribution in [0, 0.1) is 5.92 Å². The quantitative estimate of drug-likeness (QED) is 0.416. The summed E-state index contributed by atoms with van der Waals surface area (Å²) >= 11 is 0. The van der Waals surface area contributed by atoms with Gasteiger partial charge in [-0.25, -0.2) is 0 Å². The van der Waals surface area contributed by atoms with E-state index in [0.29, 0.717) is 5.46 Å². The van der Waals surface area contributed by atoms with Gasteiger partial charge < -0.3 is 10.0 Å². The largest absolute Gasteiger partial charge is 0.488 e. The van der Waals surface area contributed by atoms with Gasteiger partial charge in [0, 0.05) is 0 Å². The zero-order chi connectivity index (χ0) is 16.9. The average Bonchev–Trinajstić information content (AvgIpc) is 2.55. The Hall–Kier alpha value is -0.795. The van der Waals surface area contributed by atoms with Crippen LogP contribution in [0.1, 0.15) is 83.6 Å². The van der Waals surface area contributed by atoms with E-state index in [-0.39, 0.29) is 0 Å². The minimum Gasteiger partial charge on any atom is -0.423 e. The van der Waals surface area contributed by atoms with Crippen molar-refractivity contribution in [2.75, 3.05) is 0 Å². The van der Waals surface area contributed by atoms with Crippen molar-refractivity contribution in [3.63, 3.8) is 0 Å². The number of hydrogen-bond donors (Lipinski definition) is 2. The van der Waals surface area contributed by atoms with Crippen molar-refractivity contribution in [1.29, 1.82) is 0 Å². The van der Waals surface area contributed by atoms with Gasteiger partial charge in [-0.3, -0.25) is 0 Å². The Labute approximate surface area is 143 Å². The van der Waals surface area contributed by atoms with Gasteiger partial charge in [0.1, 0.15) is 0 Å². The number of unbranched alkanes of at least 4 members (excludes halogenated alkanes) is 6. The van der Waals surface area contributed by atoms with Gasteiger partial charge in [0.25, 0.3) is 0 Å². The maximum Gasteiger partial charge on any atom is 0.488 e. The molecule has 0 aromatic heterocycles. The van der Waals surface area contributed by atoms with Crippen molar-refractivity contribution in [2.24, 2.45) is 5.92 Å². The van der Waals surface area contributed by atoms with Crippen molar-refractivity contribution in [2.45, 2.75) is 84.5 Å². The first-order valence-corrected chi connectivity index (χ1v) is 9.62. The molecule has 0 spiro atoms. The third-order valence-electron chi connectivity index (χ3n) is 4.73. The molecule has 2 nitrogen and oxygen atoms in total. The summed E-state index contributed by atoms with van der Waals surface area (Å²) in [6.45, 7) is 4.53. The van der Waals surface area contributed by atoms with E-state index < -0.39 is 7.12 Å². The molecule has 130 valence electrons. The Balaban J connectivity index is 2.48. The van der Waals surface area contributed by atoms with Crippen LogP contribution in [0.4, 0.5) is 0 Å². The van der Waals surface area contributed by atoms with Crippen LogP contribution in [0.15, 0.2) is 24.3 Å². The molecule has 0 amide bonds. The zero-order valence-corrected chi connectivity index (χ0v) is 15.1. The molecule has 1 rings (SSSR count). The van der Waals surface area contributed by atoms with Gasteiger partial charge in [0.2, 0.25) is 0 Å². The predicted molar refractivity (Wildman–Crippen MR) is 101 cm³/mol. The highest BCUT2D eigenvalue weighted by Crippen LogP contribution is 2.22. The minimum atomic E-state index is -1.36. The van der Waals surface area contributed by atoms with Crippen LogP contribution in [0.25, 0.3) is 0 Å². The fourth-order valence-electron chi connectivity index (χ4n) is 3.23. The first-order chi connectivity index (χ1) is 11.2. The Kier molecular flexibility index (Phi) is 11.1. The molecular weight excluding hydrogens is 283 g/mol. The van der Waals surface area contributed by atoms with Gasteiger partial charge in [0.05, 0.1) is 0 Å². The van der Waals surface area contributed by atoms with E-state index in [9.17, 15) is 10.0 Å². The first-order valence-electron chi connectivity index (χ1n) is 9.62. The number of rotatable bonds is 13. The van der Waals surface area contributed by atoms with E-state index in [1.54, 1.807) is 0 Å². The molecule has 0 atom stereocenters. The summed E-state index contributed by atoms with van der Waals surface area (Å²) in [6, 6.07) is 7.79. The second kappa shape index (κ2) is 12.6. The van der Waals surface area contributed by atoms with Gasteiger partial charge in [-0.2, -0.15) is 0 Å². The molecule has 23 heavy (non-hydrogen) atoms. The molecule has 1 aromatic carbocycles. The van der Waals surface area contributed by atoms with Crippen LogP contribution >= 0.6 is 0 Å². The molecule has 0 bridgehead atoms. The summed E-state index contributed by atoms with van der Waals surface area (Å²) in [5.74, 6) is 0.772. The highest BCUT2D eigenvalue weighted by molar-refractivity contribution is 6.58. The van der Waals surface area contributed by atoms with E-state index in [4.69, 9.17) is 0 Å². The molecule has 0 saturated heterocycles. The van der Waals surface area contributed by atoms with E-state index in [2.05, 4.69) is 26.0 Å². The Morgan fingerprint density at radius 2 is 1.30 bits per heavy atom. The lowest BCUT2D eigenvalue weighted by Crippen LogP contribution is -2.29. The van der Waals surface area contributed by atoms with Crippen molar-refractivity contribution in [3.8, 4) is 0 Å². The second-order valence-corrected chi connectivity index (χ2v) is 6.88. The minimum absolute atomic E-state index is 0.580. The summed E-state index contributed by atoms with van der Waals surface area (Å²) in [7, 11) is -1.36. The van der Waals surface area contributed by atoms with Crippen LogP contribution in [0.2, 0.25) is 0 Å². The summed E-state index contributed by atoms with van der Waals surface area (Å²) in [5, 5.41) is 18.4. The third-order valence-corrected chi connectivity index (χ3v) is 4.73. The number of benzene rings is 1. The van der Waals surface area contributed by atoms with Crippen LogP contribution in [0.5, 0.6) is 0 Å². The van der Waals surface area contributed by atoms with E-state index in [1.165, 1.54) is 69.8 Å². The molecule has 0 aliphatic carbocycles. The van der Waals surface area contributed by atoms with Crippen LogP contribution in [-0.2, 0) is 6.42 Å². The monoisotopic (exact) mass is 318 g/mol. The van der Waals surface area contributed by atoms with Gasteiger partial charge in [-0.15, -0.1) is 0 Å². The number of hydrogen-bond acceptors (Lipinski definition) is 2. The third kappa shape index (κ3) is 9.17. The molecule has 0 fully saturated rings. The molecule has 0 aliphatic heterocycles. The molecule has 0 heterocycles. The lowest BCUT2D eigenvalue weighted by atomic mass is 9.79. The molecule has 0 saturated carbocycles. The topological polar surface area (TPSA) is 40.5 Å². The van der Waals surface area contributed by atoms with Crippen LogP contribution < -0.4 is 5.46 Å². The predicted octanol–water partition coefficient (Wildman–Crippen LogP) is 4.47. The molecule has 0 aliphatic rings. The van der Waals surface area contributed by atoms with Crippen molar-refractivity contribution in [3.05, 3.63) is 29.8 Å². The fraction of sp³-hybridized carbons (Fsp3) is 0.700. The van der Waals surface area contributed by atoms with Crippen molar-refractivity contribution in [1.82, 2.24) is 0 Å². The highest BCUT2D eigenvalue weighted by Gasteiger charge is 2.12. The Morgan fingerprint density at radius 3 is 1.74 bits per heavy atom. The summed E-state index contributed by atoms with van der Waals surface area (Å²) in [6.07, 6.45) is 14.5. The Bertz CT molecular complexity index is 377. The summed E-state index contributed by atoms with van der Waals surface area (Å²) in [5.41, 5.74) is 1.90. The molecule has 0 radical (unpaired) electrons.